The number of methoxy groups -OCH3 is 1. The van der Waals surface area contributed by atoms with Crippen molar-refractivity contribution in [2.24, 2.45) is 7.05 Å². The van der Waals surface area contributed by atoms with Crippen molar-refractivity contribution in [3.63, 3.8) is 0 Å². The fourth-order valence-corrected chi connectivity index (χ4v) is 2.32. The molecule has 0 aliphatic rings. The highest BCUT2D eigenvalue weighted by molar-refractivity contribution is 5.93. The van der Waals surface area contributed by atoms with Crippen LogP contribution in [0.25, 0.3) is 11.3 Å². The van der Waals surface area contributed by atoms with E-state index in [-0.39, 0.29) is 17.7 Å². The SMILES string of the molecule is COc1ccc(O[C@@H](C)CNC(=O)c2cc(-c3cnn(C)c3)on2)cc1. The predicted octanol–water partition coefficient (Wildman–Crippen LogP) is 2.28. The molecule has 1 amide bonds. The average molecular weight is 356 g/mol. The van der Waals surface area contributed by atoms with Gasteiger partial charge in [0, 0.05) is 19.3 Å². The van der Waals surface area contributed by atoms with Gasteiger partial charge in [0.15, 0.2) is 11.5 Å². The summed E-state index contributed by atoms with van der Waals surface area (Å²) in [4.78, 5) is 12.2. The van der Waals surface area contributed by atoms with Crippen LogP contribution < -0.4 is 14.8 Å². The summed E-state index contributed by atoms with van der Waals surface area (Å²) in [6.45, 7) is 2.20. The van der Waals surface area contributed by atoms with Crippen molar-refractivity contribution >= 4 is 5.91 Å². The maximum Gasteiger partial charge on any atom is 0.273 e. The molecule has 1 atom stereocenters. The number of benzene rings is 1. The predicted molar refractivity (Wildman–Crippen MR) is 94.1 cm³/mol. The molecule has 1 N–H and O–H groups in total. The van der Waals surface area contributed by atoms with Crippen LogP contribution in [0.1, 0.15) is 17.4 Å². The molecule has 0 saturated carbocycles. The van der Waals surface area contributed by atoms with Crippen LogP contribution in [0.2, 0.25) is 0 Å². The monoisotopic (exact) mass is 356 g/mol. The number of aryl methyl sites for hydroxylation is 1. The molecular weight excluding hydrogens is 336 g/mol. The number of nitrogens with one attached hydrogen (secondary N) is 1. The number of ether oxygens (including phenoxy) is 2. The van der Waals surface area contributed by atoms with Gasteiger partial charge in [0.05, 0.1) is 25.4 Å². The topological polar surface area (TPSA) is 91.4 Å². The van der Waals surface area contributed by atoms with Gasteiger partial charge in [-0.25, -0.2) is 0 Å². The van der Waals surface area contributed by atoms with Crippen LogP contribution in [0.3, 0.4) is 0 Å². The lowest BCUT2D eigenvalue weighted by Crippen LogP contribution is -2.33. The van der Waals surface area contributed by atoms with Crippen LogP contribution in [-0.4, -0.2) is 40.6 Å². The highest BCUT2D eigenvalue weighted by atomic mass is 16.5. The Hall–Kier alpha value is -3.29. The van der Waals surface area contributed by atoms with Gasteiger partial charge in [-0.3, -0.25) is 9.48 Å². The Morgan fingerprint density at radius 1 is 1.31 bits per heavy atom. The zero-order valence-corrected chi connectivity index (χ0v) is 14.8. The van der Waals surface area contributed by atoms with Crippen molar-refractivity contribution in [2.75, 3.05) is 13.7 Å². The molecule has 8 nitrogen and oxygen atoms in total. The molecule has 2 heterocycles. The van der Waals surface area contributed by atoms with E-state index >= 15 is 0 Å². The second-order valence-electron chi connectivity index (χ2n) is 5.79. The van der Waals surface area contributed by atoms with Crippen molar-refractivity contribution in [3.05, 3.63) is 48.4 Å². The lowest BCUT2D eigenvalue weighted by atomic mass is 10.2. The van der Waals surface area contributed by atoms with Crippen molar-refractivity contribution in [1.29, 1.82) is 0 Å². The van der Waals surface area contributed by atoms with Crippen LogP contribution in [0.5, 0.6) is 11.5 Å². The van der Waals surface area contributed by atoms with E-state index in [0.717, 1.165) is 11.3 Å². The van der Waals surface area contributed by atoms with Gasteiger partial charge in [-0.1, -0.05) is 5.16 Å². The standard InChI is InChI=1S/C18H20N4O4/c1-12(25-15-6-4-14(24-3)5-7-15)9-19-18(23)16-8-17(26-21-16)13-10-20-22(2)11-13/h4-8,10-12H,9H2,1-3H3,(H,19,23)/t12-/m0/s1. The number of rotatable bonds is 7. The van der Waals surface area contributed by atoms with Crippen LogP contribution in [0.4, 0.5) is 0 Å². The van der Waals surface area contributed by atoms with E-state index in [9.17, 15) is 4.79 Å². The lowest BCUT2D eigenvalue weighted by Gasteiger charge is -2.15. The third-order valence-corrected chi connectivity index (χ3v) is 3.68. The number of hydrogen-bond acceptors (Lipinski definition) is 6. The molecule has 2 aromatic heterocycles. The van der Waals surface area contributed by atoms with E-state index in [0.29, 0.717) is 18.1 Å². The summed E-state index contributed by atoms with van der Waals surface area (Å²) in [6.07, 6.45) is 3.22. The molecule has 0 spiro atoms. The first-order chi connectivity index (χ1) is 12.5. The second kappa shape index (κ2) is 7.73. The first-order valence-electron chi connectivity index (χ1n) is 8.10. The Labute approximate surface area is 150 Å². The van der Waals surface area contributed by atoms with Crippen molar-refractivity contribution < 1.29 is 18.8 Å². The summed E-state index contributed by atoms with van der Waals surface area (Å²) in [7, 11) is 3.41. The fraction of sp³-hybridized carbons (Fsp3) is 0.278. The van der Waals surface area contributed by atoms with Gasteiger partial charge in [-0.05, 0) is 31.2 Å². The first-order valence-corrected chi connectivity index (χ1v) is 8.10. The highest BCUT2D eigenvalue weighted by Gasteiger charge is 2.15. The molecule has 1 aromatic carbocycles. The van der Waals surface area contributed by atoms with Gasteiger partial charge in [0.25, 0.3) is 5.91 Å². The Morgan fingerprint density at radius 3 is 2.69 bits per heavy atom. The van der Waals surface area contributed by atoms with Gasteiger partial charge in [0.1, 0.15) is 17.6 Å². The number of nitrogens with zero attached hydrogens (tertiary/aromatic N) is 3. The van der Waals surface area contributed by atoms with E-state index in [4.69, 9.17) is 14.0 Å². The fourth-order valence-electron chi connectivity index (χ4n) is 2.32. The van der Waals surface area contributed by atoms with E-state index in [1.807, 2.05) is 31.2 Å². The highest BCUT2D eigenvalue weighted by Crippen LogP contribution is 2.20. The molecule has 0 unspecified atom stereocenters. The van der Waals surface area contributed by atoms with Gasteiger partial charge < -0.3 is 19.3 Å². The summed E-state index contributed by atoms with van der Waals surface area (Å²) < 4.78 is 17.7. The minimum Gasteiger partial charge on any atom is -0.497 e. The molecule has 0 saturated heterocycles. The lowest BCUT2D eigenvalue weighted by molar-refractivity contribution is 0.0923. The largest absolute Gasteiger partial charge is 0.497 e. The third kappa shape index (κ3) is 4.21. The maximum absolute atomic E-state index is 12.2. The Bertz CT molecular complexity index is 869. The van der Waals surface area contributed by atoms with Crippen LogP contribution in [0, 0.1) is 0 Å². The van der Waals surface area contributed by atoms with Gasteiger partial charge in [-0.2, -0.15) is 5.10 Å². The van der Waals surface area contributed by atoms with Crippen molar-refractivity contribution in [1.82, 2.24) is 20.3 Å². The molecule has 0 radical (unpaired) electrons. The number of hydrogen-bond donors (Lipinski definition) is 1. The molecule has 8 heteroatoms. The number of amides is 1. The zero-order valence-electron chi connectivity index (χ0n) is 14.8. The Morgan fingerprint density at radius 2 is 2.04 bits per heavy atom. The molecule has 26 heavy (non-hydrogen) atoms. The van der Waals surface area contributed by atoms with Gasteiger partial charge in [0.2, 0.25) is 0 Å². The molecule has 0 bridgehead atoms. The summed E-state index contributed by atoms with van der Waals surface area (Å²) in [5.41, 5.74) is 0.968. The molecule has 0 aliphatic heterocycles. The second-order valence-corrected chi connectivity index (χ2v) is 5.79. The van der Waals surface area contributed by atoms with Crippen LogP contribution in [0.15, 0.2) is 47.2 Å². The minimum atomic E-state index is -0.325. The van der Waals surface area contributed by atoms with Crippen LogP contribution in [-0.2, 0) is 7.05 Å². The molecule has 3 rings (SSSR count). The minimum absolute atomic E-state index is 0.209. The summed E-state index contributed by atoms with van der Waals surface area (Å²) in [5, 5.41) is 10.6. The Kier molecular flexibility index (Phi) is 5.21. The summed E-state index contributed by atoms with van der Waals surface area (Å²) in [5.74, 6) is 1.63. The molecule has 136 valence electrons. The maximum atomic E-state index is 12.2. The summed E-state index contributed by atoms with van der Waals surface area (Å²) in [6, 6.07) is 8.84. The van der Waals surface area contributed by atoms with Gasteiger partial charge in [-0.15, -0.1) is 0 Å². The first kappa shape index (κ1) is 17.5. The zero-order chi connectivity index (χ0) is 18.5. The third-order valence-electron chi connectivity index (χ3n) is 3.68. The van der Waals surface area contributed by atoms with E-state index < -0.39 is 0 Å². The summed E-state index contributed by atoms with van der Waals surface area (Å²) >= 11 is 0. The number of carbonyl (C=O) groups excluding carboxylic acids is 1. The quantitative estimate of drug-likeness (QED) is 0.698. The number of carbonyl (C=O) groups is 1. The normalized spacial score (nSPS) is 11.8. The van der Waals surface area contributed by atoms with Gasteiger partial charge >= 0.3 is 0 Å². The van der Waals surface area contributed by atoms with Crippen molar-refractivity contribution in [2.45, 2.75) is 13.0 Å². The molecular formula is C18H20N4O4. The molecule has 0 fully saturated rings. The van der Waals surface area contributed by atoms with Crippen molar-refractivity contribution in [3.8, 4) is 22.8 Å². The molecule has 0 aliphatic carbocycles. The van der Waals surface area contributed by atoms with E-state index in [1.54, 1.807) is 37.3 Å². The number of aromatic nitrogens is 3. The smallest absolute Gasteiger partial charge is 0.273 e. The van der Waals surface area contributed by atoms with Crippen LogP contribution >= 0.6 is 0 Å². The molecule has 3 aromatic rings. The van der Waals surface area contributed by atoms with E-state index in [2.05, 4.69) is 15.6 Å². The van der Waals surface area contributed by atoms with E-state index in [1.165, 1.54) is 0 Å². The average Bonchev–Trinajstić information content (AvgIpc) is 3.29. The Balaban J connectivity index is 1.52.